The maximum absolute atomic E-state index is 11.7. The number of thiophene rings is 1. The first kappa shape index (κ1) is 20.0. The summed E-state index contributed by atoms with van der Waals surface area (Å²) >= 11 is 2.35. The molecule has 1 aromatic heterocycles. The molecule has 0 bridgehead atoms. The monoisotopic (exact) mass is 361 g/mol. The zero-order valence-electron chi connectivity index (χ0n) is 13.7. The molecule has 0 spiro atoms. The van der Waals surface area contributed by atoms with E-state index in [1.165, 1.54) is 18.3 Å². The molecule has 130 valence electrons. The number of hydrogen-bond donors (Lipinski definition) is 3. The van der Waals surface area contributed by atoms with Crippen LogP contribution in [0.3, 0.4) is 0 Å². The minimum absolute atomic E-state index is 0.0222. The third-order valence-electron chi connectivity index (χ3n) is 2.67. The highest BCUT2D eigenvalue weighted by atomic mass is 32.2. The van der Waals surface area contributed by atoms with E-state index in [0.717, 1.165) is 11.8 Å². The number of thioether (sulfide) groups is 1. The van der Waals surface area contributed by atoms with Gasteiger partial charge >= 0.3 is 6.09 Å². The van der Waals surface area contributed by atoms with Crippen LogP contribution >= 0.6 is 23.1 Å². The lowest BCUT2D eigenvalue weighted by atomic mass is 10.1. The van der Waals surface area contributed by atoms with Crippen molar-refractivity contribution in [1.29, 1.82) is 0 Å². The molecular weight excluding hydrogens is 338 g/mol. The molecule has 2 unspecified atom stereocenters. The first-order chi connectivity index (χ1) is 10.6. The lowest BCUT2D eigenvalue weighted by Crippen LogP contribution is -2.27. The summed E-state index contributed by atoms with van der Waals surface area (Å²) in [5, 5.41) is 24.8. The van der Waals surface area contributed by atoms with Gasteiger partial charge in [-0.25, -0.2) is 4.79 Å². The highest BCUT2D eigenvalue weighted by Gasteiger charge is 2.21. The molecule has 0 aliphatic carbocycles. The Labute approximate surface area is 144 Å². The highest BCUT2D eigenvalue weighted by molar-refractivity contribution is 8.13. The SMILES string of the molecule is CC(=O)SCCC(O)C(O)c1csc(NC(=O)OC(C)(C)C)c1. The number of rotatable bonds is 6. The molecule has 6 nitrogen and oxygen atoms in total. The van der Waals surface area contributed by atoms with Crippen molar-refractivity contribution in [3.05, 3.63) is 17.0 Å². The minimum atomic E-state index is -1.06. The molecule has 1 heterocycles. The lowest BCUT2D eigenvalue weighted by molar-refractivity contribution is -0.109. The van der Waals surface area contributed by atoms with Crippen molar-refractivity contribution in [1.82, 2.24) is 0 Å². The Balaban J connectivity index is 2.54. The van der Waals surface area contributed by atoms with Crippen LogP contribution in [0.15, 0.2) is 11.4 Å². The first-order valence-corrected chi connectivity index (χ1v) is 9.03. The van der Waals surface area contributed by atoms with Gasteiger partial charge in [-0.2, -0.15) is 0 Å². The molecule has 0 aliphatic rings. The molecular formula is C15H23NO5S2. The van der Waals surface area contributed by atoms with Crippen LogP contribution in [-0.4, -0.2) is 38.9 Å². The Hall–Kier alpha value is -1.09. The zero-order chi connectivity index (χ0) is 17.6. The Kier molecular flexibility index (Phi) is 7.53. The fourth-order valence-corrected chi connectivity index (χ4v) is 3.14. The number of anilines is 1. The summed E-state index contributed by atoms with van der Waals surface area (Å²) in [6, 6.07) is 1.60. The van der Waals surface area contributed by atoms with Gasteiger partial charge in [0.05, 0.1) is 11.1 Å². The fourth-order valence-electron chi connectivity index (χ4n) is 1.68. The average Bonchev–Trinajstić information content (AvgIpc) is 2.83. The van der Waals surface area contributed by atoms with E-state index in [4.69, 9.17) is 4.74 Å². The van der Waals surface area contributed by atoms with Crippen molar-refractivity contribution in [3.8, 4) is 0 Å². The number of ether oxygens (including phenoxy) is 1. The van der Waals surface area contributed by atoms with E-state index in [1.54, 1.807) is 32.2 Å². The molecule has 1 rings (SSSR count). The Morgan fingerprint density at radius 2 is 2.04 bits per heavy atom. The van der Waals surface area contributed by atoms with Crippen molar-refractivity contribution in [3.63, 3.8) is 0 Å². The number of amides is 1. The third-order valence-corrected chi connectivity index (χ3v) is 4.38. The molecule has 1 amide bonds. The molecule has 0 aromatic carbocycles. The quantitative estimate of drug-likeness (QED) is 0.720. The van der Waals surface area contributed by atoms with E-state index in [1.807, 2.05) is 0 Å². The molecule has 3 N–H and O–H groups in total. The number of carbonyl (C=O) groups is 2. The van der Waals surface area contributed by atoms with Gasteiger partial charge in [-0.05, 0) is 44.2 Å². The van der Waals surface area contributed by atoms with E-state index in [9.17, 15) is 19.8 Å². The molecule has 1 aromatic rings. The Morgan fingerprint density at radius 3 is 2.61 bits per heavy atom. The van der Waals surface area contributed by atoms with E-state index >= 15 is 0 Å². The van der Waals surface area contributed by atoms with Crippen molar-refractivity contribution in [2.45, 2.75) is 51.9 Å². The van der Waals surface area contributed by atoms with Crippen LogP contribution in [-0.2, 0) is 9.53 Å². The van der Waals surface area contributed by atoms with Crippen molar-refractivity contribution in [2.75, 3.05) is 11.1 Å². The maximum atomic E-state index is 11.7. The van der Waals surface area contributed by atoms with Gasteiger partial charge in [0.25, 0.3) is 0 Å². The van der Waals surface area contributed by atoms with Crippen LogP contribution in [0.4, 0.5) is 9.80 Å². The predicted molar refractivity (Wildman–Crippen MR) is 92.9 cm³/mol. The number of aliphatic hydroxyl groups is 2. The maximum Gasteiger partial charge on any atom is 0.412 e. The molecule has 0 aliphatic heterocycles. The minimum Gasteiger partial charge on any atom is -0.444 e. The topological polar surface area (TPSA) is 95.9 Å². The van der Waals surface area contributed by atoms with E-state index < -0.39 is 23.9 Å². The van der Waals surface area contributed by atoms with Crippen LogP contribution in [0, 0.1) is 0 Å². The standard InChI is InChI=1S/C15H23NO5S2/c1-9(17)22-6-5-11(18)13(19)10-7-12(23-8-10)16-14(20)21-15(2,3)4/h7-8,11,13,18-19H,5-6H2,1-4H3,(H,16,20). The number of aliphatic hydroxyl groups excluding tert-OH is 2. The van der Waals surface area contributed by atoms with Gasteiger partial charge in [-0.15, -0.1) is 11.3 Å². The van der Waals surface area contributed by atoms with Gasteiger partial charge in [-0.3, -0.25) is 10.1 Å². The van der Waals surface area contributed by atoms with Crippen molar-refractivity contribution < 1.29 is 24.5 Å². The number of nitrogens with one attached hydrogen (secondary N) is 1. The smallest absolute Gasteiger partial charge is 0.412 e. The van der Waals surface area contributed by atoms with Crippen LogP contribution in [0.5, 0.6) is 0 Å². The fraction of sp³-hybridized carbons (Fsp3) is 0.600. The molecule has 0 saturated heterocycles. The van der Waals surface area contributed by atoms with Gasteiger partial charge in [0.15, 0.2) is 5.12 Å². The normalized spacial score (nSPS) is 14.2. The van der Waals surface area contributed by atoms with E-state index in [0.29, 0.717) is 22.7 Å². The van der Waals surface area contributed by atoms with Crippen molar-refractivity contribution >= 4 is 39.3 Å². The summed E-state index contributed by atoms with van der Waals surface area (Å²) in [6.07, 6.45) is -2.30. The first-order valence-electron chi connectivity index (χ1n) is 7.16. The van der Waals surface area contributed by atoms with Crippen LogP contribution in [0.2, 0.25) is 0 Å². The van der Waals surface area contributed by atoms with Gasteiger partial charge < -0.3 is 14.9 Å². The van der Waals surface area contributed by atoms with Gasteiger partial charge in [0.1, 0.15) is 11.7 Å². The average molecular weight is 361 g/mol. The highest BCUT2D eigenvalue weighted by Crippen LogP contribution is 2.28. The van der Waals surface area contributed by atoms with E-state index in [-0.39, 0.29) is 5.12 Å². The van der Waals surface area contributed by atoms with Crippen LogP contribution in [0.25, 0.3) is 0 Å². The number of hydrogen-bond acceptors (Lipinski definition) is 7. The molecule has 0 fully saturated rings. The van der Waals surface area contributed by atoms with Crippen molar-refractivity contribution in [2.24, 2.45) is 0 Å². The number of carbonyl (C=O) groups excluding carboxylic acids is 2. The summed E-state index contributed by atoms with van der Waals surface area (Å²) in [4.78, 5) is 22.5. The predicted octanol–water partition coefficient (Wildman–Crippen LogP) is 3.16. The third kappa shape index (κ3) is 7.83. The summed E-state index contributed by atoms with van der Waals surface area (Å²) in [6.45, 7) is 6.77. The molecule has 2 atom stereocenters. The van der Waals surface area contributed by atoms with Crippen LogP contribution < -0.4 is 5.32 Å². The zero-order valence-corrected chi connectivity index (χ0v) is 15.3. The molecule has 0 saturated carbocycles. The summed E-state index contributed by atoms with van der Waals surface area (Å²) in [5.41, 5.74) is -0.0739. The van der Waals surface area contributed by atoms with Gasteiger partial charge in [0, 0.05) is 12.7 Å². The Morgan fingerprint density at radius 1 is 1.39 bits per heavy atom. The lowest BCUT2D eigenvalue weighted by Gasteiger charge is -2.19. The van der Waals surface area contributed by atoms with E-state index in [2.05, 4.69) is 5.32 Å². The largest absolute Gasteiger partial charge is 0.444 e. The Bertz CT molecular complexity index is 538. The second kappa shape index (κ2) is 8.68. The second-order valence-electron chi connectivity index (χ2n) is 6.01. The van der Waals surface area contributed by atoms with Gasteiger partial charge in [-0.1, -0.05) is 11.8 Å². The van der Waals surface area contributed by atoms with Crippen LogP contribution in [0.1, 0.15) is 45.8 Å². The molecule has 8 heteroatoms. The summed E-state index contributed by atoms with van der Waals surface area (Å²) in [5.74, 6) is 0.445. The summed E-state index contributed by atoms with van der Waals surface area (Å²) < 4.78 is 5.14. The second-order valence-corrected chi connectivity index (χ2v) is 8.20. The molecule has 23 heavy (non-hydrogen) atoms. The van der Waals surface area contributed by atoms with Gasteiger partial charge in [0.2, 0.25) is 0 Å². The molecule has 0 radical (unpaired) electrons. The summed E-state index contributed by atoms with van der Waals surface area (Å²) in [7, 11) is 0.